The highest BCUT2D eigenvalue weighted by Crippen LogP contribution is 2.49. The monoisotopic (exact) mass is 724 g/mol. The van der Waals surface area contributed by atoms with Gasteiger partial charge >= 0.3 is 12.1 Å². The standard InChI is InChI=1S/C38H37ClN6O7/c1-37(2,3)52-36(48)44-18-28-30(49-19-24-14-16-27(39)17-15-24)38(20-44,21-50-35(47)26-12-8-5-9-13-26)51-34(28)45-23-42-29-31(40-22-41-32(29)45)43-33(46)25-10-6-4-7-11-25/h4-17,22-23,28,30,34H,18-21H2,1-3H3,(H,40,41,43,46)/t28-,30+,34-,38-/m1/s1. The fraction of sp³-hybridized carbons (Fsp3) is 0.316. The molecular formula is C38H37ClN6O7. The van der Waals surface area contributed by atoms with Gasteiger partial charge in [0.25, 0.3) is 5.91 Å². The van der Waals surface area contributed by atoms with Crippen molar-refractivity contribution in [3.05, 3.63) is 119 Å². The molecule has 5 aromatic rings. The second-order valence-electron chi connectivity index (χ2n) is 13.8. The predicted molar refractivity (Wildman–Crippen MR) is 191 cm³/mol. The molecule has 4 atom stereocenters. The van der Waals surface area contributed by atoms with E-state index in [0.29, 0.717) is 27.3 Å². The molecule has 52 heavy (non-hydrogen) atoms. The lowest BCUT2D eigenvalue weighted by molar-refractivity contribution is -0.158. The van der Waals surface area contributed by atoms with Gasteiger partial charge in [-0.05, 0) is 62.7 Å². The van der Waals surface area contributed by atoms with E-state index in [1.54, 1.807) is 97.2 Å². The first-order valence-electron chi connectivity index (χ1n) is 16.8. The molecule has 0 saturated carbocycles. The second kappa shape index (κ2) is 14.3. The van der Waals surface area contributed by atoms with E-state index in [1.807, 2.05) is 24.3 Å². The summed E-state index contributed by atoms with van der Waals surface area (Å²) in [5, 5.41) is 3.43. The highest BCUT2D eigenvalue weighted by molar-refractivity contribution is 6.30. The lowest BCUT2D eigenvalue weighted by atomic mass is 9.85. The first-order chi connectivity index (χ1) is 25.0. The third-order valence-electron chi connectivity index (χ3n) is 8.87. The van der Waals surface area contributed by atoms with Gasteiger partial charge in [0.2, 0.25) is 0 Å². The summed E-state index contributed by atoms with van der Waals surface area (Å²) in [6, 6.07) is 24.7. The van der Waals surface area contributed by atoms with E-state index in [1.165, 1.54) is 6.33 Å². The Morgan fingerprint density at radius 1 is 0.942 bits per heavy atom. The van der Waals surface area contributed by atoms with Crippen molar-refractivity contribution in [3.8, 4) is 0 Å². The van der Waals surface area contributed by atoms with E-state index in [4.69, 9.17) is 30.5 Å². The number of nitrogens with zero attached hydrogens (tertiary/aromatic N) is 5. The van der Waals surface area contributed by atoms with Gasteiger partial charge in [-0.1, -0.05) is 60.1 Å². The summed E-state index contributed by atoms with van der Waals surface area (Å²) < 4.78 is 27.1. The number of fused-ring (bicyclic) bond motifs is 3. The van der Waals surface area contributed by atoms with Crippen LogP contribution in [0.2, 0.25) is 5.02 Å². The molecule has 13 nitrogen and oxygen atoms in total. The first-order valence-corrected chi connectivity index (χ1v) is 17.2. The first kappa shape index (κ1) is 35.1. The zero-order valence-electron chi connectivity index (χ0n) is 28.8. The fourth-order valence-corrected chi connectivity index (χ4v) is 6.69. The number of nitrogens with one attached hydrogen (secondary N) is 1. The fourth-order valence-electron chi connectivity index (χ4n) is 6.57. The number of aromatic nitrogens is 4. The molecule has 14 heteroatoms. The smallest absolute Gasteiger partial charge is 0.410 e. The molecule has 3 aromatic carbocycles. The third-order valence-corrected chi connectivity index (χ3v) is 9.12. The van der Waals surface area contributed by atoms with Crippen LogP contribution in [-0.2, 0) is 25.6 Å². The van der Waals surface area contributed by atoms with Gasteiger partial charge in [0.05, 0.1) is 31.0 Å². The van der Waals surface area contributed by atoms with Crippen molar-refractivity contribution in [3.63, 3.8) is 0 Å². The topological polar surface area (TPSA) is 147 Å². The molecular weight excluding hydrogens is 688 g/mol. The van der Waals surface area contributed by atoms with Gasteiger partial charge in [-0.3, -0.25) is 9.36 Å². The normalized spacial score (nSPS) is 21.2. The number of carbonyl (C=O) groups is 3. The third kappa shape index (κ3) is 7.33. The lowest BCUT2D eigenvalue weighted by Crippen LogP contribution is -2.61. The Morgan fingerprint density at radius 2 is 1.63 bits per heavy atom. The largest absolute Gasteiger partial charge is 0.459 e. The van der Waals surface area contributed by atoms with E-state index in [-0.39, 0.29) is 38.0 Å². The number of amides is 2. The number of anilines is 1. The molecule has 2 aliphatic heterocycles. The Bertz CT molecular complexity index is 2070. The number of hydrogen-bond acceptors (Lipinski definition) is 10. The molecule has 0 radical (unpaired) electrons. The Morgan fingerprint density at radius 3 is 2.33 bits per heavy atom. The van der Waals surface area contributed by atoms with Gasteiger partial charge < -0.3 is 29.2 Å². The minimum atomic E-state index is -1.34. The summed E-state index contributed by atoms with van der Waals surface area (Å²) in [7, 11) is 0. The average molecular weight is 725 g/mol. The molecule has 2 amide bonds. The van der Waals surface area contributed by atoms with E-state index in [0.717, 1.165) is 5.56 Å². The van der Waals surface area contributed by atoms with Gasteiger partial charge in [0.1, 0.15) is 36.5 Å². The van der Waals surface area contributed by atoms with Crippen molar-refractivity contribution in [1.29, 1.82) is 0 Å². The van der Waals surface area contributed by atoms with Crippen molar-refractivity contribution in [1.82, 2.24) is 24.4 Å². The number of piperidine rings is 1. The maximum atomic E-state index is 13.6. The Labute approximate surface area is 304 Å². The average Bonchev–Trinajstić information content (AvgIpc) is 3.64. The molecule has 2 fully saturated rings. The molecule has 0 unspecified atom stereocenters. The molecule has 7 rings (SSSR count). The van der Waals surface area contributed by atoms with E-state index in [9.17, 15) is 14.4 Å². The molecule has 2 aromatic heterocycles. The zero-order valence-corrected chi connectivity index (χ0v) is 29.5. The zero-order chi connectivity index (χ0) is 36.5. The van der Waals surface area contributed by atoms with Crippen LogP contribution in [0.25, 0.3) is 11.2 Å². The molecule has 268 valence electrons. The molecule has 2 bridgehead atoms. The van der Waals surface area contributed by atoms with Crippen LogP contribution in [0, 0.1) is 5.92 Å². The quantitative estimate of drug-likeness (QED) is 0.172. The number of carbonyl (C=O) groups excluding carboxylic acids is 3. The minimum absolute atomic E-state index is 0.00225. The Balaban J connectivity index is 1.26. The van der Waals surface area contributed by atoms with Crippen LogP contribution in [0.15, 0.2) is 97.6 Å². The number of benzene rings is 3. The van der Waals surface area contributed by atoms with Crippen LogP contribution in [-0.4, -0.2) is 79.4 Å². The van der Waals surface area contributed by atoms with Gasteiger partial charge in [0.15, 0.2) is 17.0 Å². The van der Waals surface area contributed by atoms with Gasteiger partial charge in [-0.15, -0.1) is 0 Å². The summed E-state index contributed by atoms with van der Waals surface area (Å²) >= 11 is 6.14. The maximum absolute atomic E-state index is 13.6. The number of imidazole rings is 1. The van der Waals surface area contributed by atoms with Gasteiger partial charge in [-0.2, -0.15) is 0 Å². The predicted octanol–water partition coefficient (Wildman–Crippen LogP) is 6.31. The Kier molecular flexibility index (Phi) is 9.66. The van der Waals surface area contributed by atoms with Crippen LogP contribution < -0.4 is 5.32 Å². The summed E-state index contributed by atoms with van der Waals surface area (Å²) in [5.74, 6) is -1.20. The van der Waals surface area contributed by atoms with Crippen LogP contribution in [0.3, 0.4) is 0 Å². The Hall–Kier alpha value is -5.37. The molecule has 0 spiro atoms. The van der Waals surface area contributed by atoms with Crippen LogP contribution in [0.4, 0.5) is 10.6 Å². The van der Waals surface area contributed by atoms with E-state index < -0.39 is 41.5 Å². The highest BCUT2D eigenvalue weighted by Gasteiger charge is 2.62. The van der Waals surface area contributed by atoms with Crippen molar-refractivity contribution >= 4 is 46.6 Å². The summed E-state index contributed by atoms with van der Waals surface area (Å²) in [4.78, 5) is 54.9. The molecule has 2 saturated heterocycles. The summed E-state index contributed by atoms with van der Waals surface area (Å²) in [6.45, 7) is 5.52. The maximum Gasteiger partial charge on any atom is 0.410 e. The number of esters is 1. The lowest BCUT2D eigenvalue weighted by Gasteiger charge is -2.43. The van der Waals surface area contributed by atoms with Crippen molar-refractivity contribution in [2.45, 2.75) is 50.9 Å². The number of halogens is 1. The molecule has 4 heterocycles. The second-order valence-corrected chi connectivity index (χ2v) is 14.2. The number of likely N-dealkylation sites (tertiary alicyclic amines) is 1. The van der Waals surface area contributed by atoms with Crippen molar-refractivity contribution in [2.24, 2.45) is 5.92 Å². The SMILES string of the molecule is CC(C)(C)OC(=O)N1C[C@H]2[C@H](n3cnc4c(NC(=O)c5ccccc5)ncnc43)O[C@@](COC(=O)c3ccccc3)(C1)[C@H]2OCc1ccc(Cl)cc1. The summed E-state index contributed by atoms with van der Waals surface area (Å²) in [6.07, 6.45) is 0.880. The van der Waals surface area contributed by atoms with Crippen LogP contribution in [0.1, 0.15) is 53.3 Å². The summed E-state index contributed by atoms with van der Waals surface area (Å²) in [5.41, 5.74) is 0.309. The van der Waals surface area contributed by atoms with Crippen molar-refractivity contribution < 1.29 is 33.3 Å². The molecule has 0 aliphatic carbocycles. The van der Waals surface area contributed by atoms with Crippen LogP contribution >= 0.6 is 11.6 Å². The van der Waals surface area contributed by atoms with E-state index in [2.05, 4.69) is 20.3 Å². The number of ether oxygens (including phenoxy) is 4. The number of rotatable bonds is 9. The van der Waals surface area contributed by atoms with Crippen LogP contribution in [0.5, 0.6) is 0 Å². The molecule has 2 aliphatic rings. The van der Waals surface area contributed by atoms with E-state index >= 15 is 0 Å². The molecule has 1 N–H and O–H groups in total. The van der Waals surface area contributed by atoms with Crippen molar-refractivity contribution in [2.75, 3.05) is 25.0 Å². The van der Waals surface area contributed by atoms with Gasteiger partial charge in [-0.25, -0.2) is 24.5 Å². The van der Waals surface area contributed by atoms with Gasteiger partial charge in [0, 0.05) is 17.1 Å². The number of hydrogen-bond donors (Lipinski definition) is 1. The highest BCUT2D eigenvalue weighted by atomic mass is 35.5. The minimum Gasteiger partial charge on any atom is -0.459 e.